The Balaban J connectivity index is 0.000000336. The first kappa shape index (κ1) is 31.5. The van der Waals surface area contributed by atoms with Crippen molar-refractivity contribution in [3.8, 4) is 5.75 Å². The number of carbonyl (C=O) groups excluding carboxylic acids is 1. The molecule has 0 atom stereocenters. The summed E-state index contributed by atoms with van der Waals surface area (Å²) >= 11 is 11.8. The molecule has 1 aliphatic heterocycles. The van der Waals surface area contributed by atoms with Crippen molar-refractivity contribution >= 4 is 60.7 Å². The molecule has 216 valence electrons. The Morgan fingerprint density at radius 1 is 0.950 bits per heavy atom. The van der Waals surface area contributed by atoms with Crippen LogP contribution in [0.4, 0.5) is 20.6 Å². The van der Waals surface area contributed by atoms with Gasteiger partial charge in [-0.05, 0) is 43.3 Å². The van der Waals surface area contributed by atoms with Crippen LogP contribution in [0.25, 0.3) is 0 Å². The third kappa shape index (κ3) is 7.81. The zero-order valence-electron chi connectivity index (χ0n) is 20.9. The summed E-state index contributed by atoms with van der Waals surface area (Å²) in [6.07, 6.45) is 0. The first-order chi connectivity index (χ1) is 18.7. The van der Waals surface area contributed by atoms with Gasteiger partial charge in [0, 0.05) is 26.2 Å². The molecule has 0 radical (unpaired) electrons. The van der Waals surface area contributed by atoms with E-state index in [-0.39, 0.29) is 39.4 Å². The van der Waals surface area contributed by atoms with Crippen molar-refractivity contribution in [1.29, 1.82) is 0 Å². The SMILES string of the molecule is Cc1ccc(S(=O)(=O)O)cc1.O=C(Nc1ccc(Cl)c(S(=O)(=O)N2CCNCC2)c1O)Nc1cccc(F)c1Cl. The molecule has 5 N–H and O–H groups in total. The number of aromatic hydroxyl groups is 1. The first-order valence-electron chi connectivity index (χ1n) is 11.5. The van der Waals surface area contributed by atoms with E-state index in [1.807, 2.05) is 6.92 Å². The van der Waals surface area contributed by atoms with Crippen molar-refractivity contribution < 1.29 is 35.7 Å². The highest BCUT2D eigenvalue weighted by molar-refractivity contribution is 7.89. The average Bonchev–Trinajstić information content (AvgIpc) is 2.89. The largest absolute Gasteiger partial charge is 0.504 e. The van der Waals surface area contributed by atoms with Gasteiger partial charge in [-0.1, -0.05) is 47.0 Å². The van der Waals surface area contributed by atoms with E-state index in [0.29, 0.717) is 13.1 Å². The number of hydrogen-bond donors (Lipinski definition) is 5. The van der Waals surface area contributed by atoms with E-state index in [1.165, 1.54) is 40.7 Å². The highest BCUT2D eigenvalue weighted by Crippen LogP contribution is 2.38. The van der Waals surface area contributed by atoms with Gasteiger partial charge in [-0.2, -0.15) is 12.7 Å². The fourth-order valence-corrected chi connectivity index (χ4v) is 6.18. The number of nitrogens with zero attached hydrogens (tertiary/aromatic N) is 1. The molecule has 0 spiro atoms. The number of phenols is 1. The zero-order chi connectivity index (χ0) is 29.7. The monoisotopic (exact) mass is 634 g/mol. The maximum Gasteiger partial charge on any atom is 0.323 e. The molecule has 4 rings (SSSR count). The van der Waals surface area contributed by atoms with Gasteiger partial charge in [0.15, 0.2) is 5.75 Å². The van der Waals surface area contributed by atoms with Crippen molar-refractivity contribution in [2.45, 2.75) is 16.7 Å². The van der Waals surface area contributed by atoms with E-state index >= 15 is 0 Å². The van der Waals surface area contributed by atoms with Crippen LogP contribution in [0.15, 0.2) is 64.4 Å². The summed E-state index contributed by atoms with van der Waals surface area (Å²) in [5.74, 6) is -1.42. The highest BCUT2D eigenvalue weighted by atomic mass is 35.5. The first-order valence-corrected chi connectivity index (χ1v) is 15.1. The molecule has 1 fully saturated rings. The van der Waals surface area contributed by atoms with E-state index in [0.717, 1.165) is 11.6 Å². The molecule has 11 nitrogen and oxygen atoms in total. The maximum atomic E-state index is 13.5. The van der Waals surface area contributed by atoms with E-state index < -0.39 is 42.6 Å². The predicted octanol–water partition coefficient (Wildman–Crippen LogP) is 4.32. The summed E-state index contributed by atoms with van der Waals surface area (Å²) < 4.78 is 70.1. The Bertz CT molecular complexity index is 1600. The zero-order valence-corrected chi connectivity index (χ0v) is 24.0. The summed E-state index contributed by atoms with van der Waals surface area (Å²) in [6, 6.07) is 11.5. The fraction of sp³-hybridized carbons (Fsp3) is 0.208. The van der Waals surface area contributed by atoms with Crippen LogP contribution in [-0.4, -0.2) is 63.0 Å². The van der Waals surface area contributed by atoms with Gasteiger partial charge < -0.3 is 21.1 Å². The average molecular weight is 636 g/mol. The van der Waals surface area contributed by atoms with E-state index in [2.05, 4.69) is 16.0 Å². The number of rotatable bonds is 5. The second kappa shape index (κ2) is 13.1. The molecule has 0 bridgehead atoms. The van der Waals surface area contributed by atoms with Gasteiger partial charge in [0.1, 0.15) is 10.7 Å². The Labute approximate surface area is 240 Å². The Hall–Kier alpha value is -2.98. The quantitative estimate of drug-likeness (QED) is 0.204. The second-order valence-electron chi connectivity index (χ2n) is 8.40. The number of carbonyl (C=O) groups is 1. The van der Waals surface area contributed by atoms with Crippen LogP contribution in [-0.2, 0) is 20.1 Å². The highest BCUT2D eigenvalue weighted by Gasteiger charge is 2.32. The van der Waals surface area contributed by atoms with Crippen LogP contribution in [0.1, 0.15) is 5.56 Å². The lowest BCUT2D eigenvalue weighted by molar-refractivity contribution is 0.262. The number of phenolic OH excluding ortho intramolecular Hbond substituents is 1. The molecule has 0 unspecified atom stereocenters. The summed E-state index contributed by atoms with van der Waals surface area (Å²) in [5.41, 5.74) is 0.775. The van der Waals surface area contributed by atoms with Crippen LogP contribution in [0, 0.1) is 12.7 Å². The Morgan fingerprint density at radius 3 is 2.15 bits per heavy atom. The van der Waals surface area contributed by atoms with Gasteiger partial charge in [-0.25, -0.2) is 17.6 Å². The third-order valence-corrected chi connectivity index (χ3v) is 9.18. The van der Waals surface area contributed by atoms with Gasteiger partial charge in [-0.15, -0.1) is 0 Å². The normalized spacial score (nSPS) is 14.1. The molecule has 0 saturated carbocycles. The van der Waals surface area contributed by atoms with Gasteiger partial charge in [0.05, 0.1) is 26.3 Å². The van der Waals surface area contributed by atoms with Crippen LogP contribution in [0.5, 0.6) is 5.75 Å². The van der Waals surface area contributed by atoms with Crippen LogP contribution in [0.3, 0.4) is 0 Å². The van der Waals surface area contributed by atoms with Gasteiger partial charge in [0.2, 0.25) is 10.0 Å². The topological polar surface area (TPSA) is 165 Å². The van der Waals surface area contributed by atoms with Crippen LogP contribution < -0.4 is 16.0 Å². The molecular weight excluding hydrogens is 610 g/mol. The Morgan fingerprint density at radius 2 is 1.55 bits per heavy atom. The molecule has 1 saturated heterocycles. The number of anilines is 2. The van der Waals surface area contributed by atoms with Gasteiger partial charge in [0.25, 0.3) is 10.1 Å². The number of piperazine rings is 1. The molecule has 3 aromatic rings. The lowest BCUT2D eigenvalue weighted by Gasteiger charge is -2.27. The van der Waals surface area contributed by atoms with E-state index in [4.69, 9.17) is 27.8 Å². The minimum absolute atomic E-state index is 0.00582. The molecule has 0 aromatic heterocycles. The van der Waals surface area contributed by atoms with Gasteiger partial charge >= 0.3 is 6.03 Å². The second-order valence-corrected chi connectivity index (χ2v) is 12.5. The number of nitrogens with one attached hydrogen (secondary N) is 3. The van der Waals surface area contributed by atoms with Crippen molar-refractivity contribution in [2.75, 3.05) is 36.8 Å². The number of amides is 2. The molecule has 1 aliphatic rings. The minimum atomic E-state index is -4.08. The fourth-order valence-electron chi connectivity index (χ4n) is 3.49. The maximum absolute atomic E-state index is 13.5. The molecule has 1 heterocycles. The smallest absolute Gasteiger partial charge is 0.323 e. The van der Waals surface area contributed by atoms with Crippen molar-refractivity contribution in [1.82, 2.24) is 9.62 Å². The number of benzene rings is 3. The Kier molecular flexibility index (Phi) is 10.3. The van der Waals surface area contributed by atoms with Crippen molar-refractivity contribution in [3.05, 3.63) is 76.0 Å². The number of halogens is 3. The van der Waals surface area contributed by atoms with Gasteiger partial charge in [-0.3, -0.25) is 4.55 Å². The van der Waals surface area contributed by atoms with Crippen LogP contribution in [0.2, 0.25) is 10.0 Å². The molecular formula is C24H25Cl2FN4O7S2. The standard InChI is InChI=1S/C17H17Cl2FN4O4S.C7H8O3S/c18-10-4-5-13(23-17(26)22-12-3-1-2-11(20)14(12)19)15(25)16(10)29(27,28)24-8-6-21-7-9-24;1-6-2-4-7(5-3-6)11(8,9)10/h1-5,21,25H,6-9H2,(H2,22,23,26);2-5H,1H3,(H,8,9,10). The van der Waals surface area contributed by atoms with E-state index in [1.54, 1.807) is 12.1 Å². The molecule has 3 aromatic carbocycles. The molecule has 40 heavy (non-hydrogen) atoms. The minimum Gasteiger partial charge on any atom is -0.504 e. The molecule has 2 amide bonds. The number of sulfonamides is 1. The number of urea groups is 1. The molecule has 16 heteroatoms. The summed E-state index contributed by atoms with van der Waals surface area (Å²) in [6.45, 7) is 3.20. The van der Waals surface area contributed by atoms with Crippen molar-refractivity contribution in [2.24, 2.45) is 0 Å². The lowest BCUT2D eigenvalue weighted by atomic mass is 10.2. The third-order valence-electron chi connectivity index (χ3n) is 5.52. The molecule has 0 aliphatic carbocycles. The number of hydrogen-bond acceptors (Lipinski definition) is 7. The number of aryl methyl sites for hydroxylation is 1. The summed E-state index contributed by atoms with van der Waals surface area (Å²) in [7, 11) is -8.10. The summed E-state index contributed by atoms with van der Waals surface area (Å²) in [5, 5.41) is 17.7. The lowest BCUT2D eigenvalue weighted by Crippen LogP contribution is -2.46. The summed E-state index contributed by atoms with van der Waals surface area (Å²) in [4.78, 5) is 11.7. The van der Waals surface area contributed by atoms with E-state index in [9.17, 15) is 31.1 Å². The van der Waals surface area contributed by atoms with Crippen molar-refractivity contribution in [3.63, 3.8) is 0 Å². The van der Waals surface area contributed by atoms with Crippen LogP contribution >= 0.6 is 23.2 Å². The predicted molar refractivity (Wildman–Crippen MR) is 150 cm³/mol.